The average Bonchev–Trinajstić information content (AvgIpc) is 3.42. The van der Waals surface area contributed by atoms with Gasteiger partial charge in [0.25, 0.3) is 5.89 Å². The van der Waals surface area contributed by atoms with Crippen molar-refractivity contribution in [2.45, 2.75) is 6.92 Å². The molecule has 1 aliphatic rings. The number of nitrogens with zero attached hydrogens (tertiary/aromatic N) is 5. The summed E-state index contributed by atoms with van der Waals surface area (Å²) in [5.41, 5.74) is 2.26. The SMILES string of the molecule is CCOC(=O)N1CCN(c2cc(-c3nc(-c4cccc(OC)c4OC)no3)c3ccccc3n2)CC1. The monoisotopic (exact) mass is 489 g/mol. The summed E-state index contributed by atoms with van der Waals surface area (Å²) in [7, 11) is 3.16. The zero-order valence-electron chi connectivity index (χ0n) is 20.4. The van der Waals surface area contributed by atoms with Gasteiger partial charge in [-0.2, -0.15) is 4.98 Å². The minimum Gasteiger partial charge on any atom is -0.493 e. The van der Waals surface area contributed by atoms with Crippen LogP contribution in [0.15, 0.2) is 53.1 Å². The Bertz CT molecular complexity index is 1380. The molecular formula is C26H27N5O5. The second kappa shape index (κ2) is 10.1. The summed E-state index contributed by atoms with van der Waals surface area (Å²) in [5.74, 6) is 2.67. The molecule has 4 aromatic rings. The Morgan fingerprint density at radius 2 is 1.78 bits per heavy atom. The van der Waals surface area contributed by atoms with Gasteiger partial charge in [0.2, 0.25) is 5.82 Å². The summed E-state index contributed by atoms with van der Waals surface area (Å²) in [5, 5.41) is 5.13. The predicted octanol–water partition coefficient (Wildman–Crippen LogP) is 4.25. The molecule has 10 heteroatoms. The molecule has 5 rings (SSSR count). The Morgan fingerprint density at radius 3 is 2.53 bits per heavy atom. The van der Waals surface area contributed by atoms with E-state index in [1.165, 1.54) is 0 Å². The zero-order valence-corrected chi connectivity index (χ0v) is 20.4. The molecule has 10 nitrogen and oxygen atoms in total. The molecule has 0 unspecified atom stereocenters. The summed E-state index contributed by atoms with van der Waals surface area (Å²) in [6.07, 6.45) is -0.282. The lowest BCUT2D eigenvalue weighted by Gasteiger charge is -2.35. The predicted molar refractivity (Wildman–Crippen MR) is 134 cm³/mol. The zero-order chi connectivity index (χ0) is 25.1. The summed E-state index contributed by atoms with van der Waals surface area (Å²) in [6.45, 7) is 4.57. The lowest BCUT2D eigenvalue weighted by molar-refractivity contribution is 0.105. The number of rotatable bonds is 6. The molecule has 0 aliphatic carbocycles. The Balaban J connectivity index is 1.49. The molecule has 36 heavy (non-hydrogen) atoms. The molecule has 1 fully saturated rings. The number of piperazine rings is 1. The fourth-order valence-electron chi connectivity index (χ4n) is 4.34. The van der Waals surface area contributed by atoms with Crippen LogP contribution in [0.4, 0.5) is 10.6 Å². The molecule has 0 bridgehead atoms. The highest BCUT2D eigenvalue weighted by Gasteiger charge is 2.25. The van der Waals surface area contributed by atoms with Crippen molar-refractivity contribution in [1.29, 1.82) is 0 Å². The van der Waals surface area contributed by atoms with Crippen molar-refractivity contribution in [3.63, 3.8) is 0 Å². The third-order valence-electron chi connectivity index (χ3n) is 6.13. The molecule has 0 saturated carbocycles. The third kappa shape index (κ3) is 4.37. The third-order valence-corrected chi connectivity index (χ3v) is 6.13. The Kier molecular flexibility index (Phi) is 6.57. The number of carbonyl (C=O) groups is 1. The van der Waals surface area contributed by atoms with Crippen molar-refractivity contribution in [1.82, 2.24) is 20.0 Å². The summed E-state index contributed by atoms with van der Waals surface area (Å²) in [6, 6.07) is 15.3. The number of aromatic nitrogens is 3. The number of carbonyl (C=O) groups excluding carboxylic acids is 1. The molecule has 186 valence electrons. The molecular weight excluding hydrogens is 462 g/mol. The first-order chi connectivity index (χ1) is 17.6. The van der Waals surface area contributed by atoms with Crippen LogP contribution in [0, 0.1) is 0 Å². The van der Waals surface area contributed by atoms with Crippen molar-refractivity contribution in [2.24, 2.45) is 0 Å². The number of para-hydroxylation sites is 2. The number of amides is 1. The Labute approximate surface area is 208 Å². The number of fused-ring (bicyclic) bond motifs is 1. The quantitative estimate of drug-likeness (QED) is 0.393. The number of pyridine rings is 1. The van der Waals surface area contributed by atoms with E-state index in [2.05, 4.69) is 10.1 Å². The van der Waals surface area contributed by atoms with Crippen LogP contribution >= 0.6 is 0 Å². The van der Waals surface area contributed by atoms with Gasteiger partial charge in [-0.25, -0.2) is 9.78 Å². The number of hydrogen-bond donors (Lipinski definition) is 0. The summed E-state index contributed by atoms with van der Waals surface area (Å²) in [4.78, 5) is 25.5. The second-order valence-corrected chi connectivity index (χ2v) is 8.18. The minimum absolute atomic E-state index is 0.282. The lowest BCUT2D eigenvalue weighted by atomic mass is 10.1. The number of hydrogen-bond acceptors (Lipinski definition) is 9. The maximum absolute atomic E-state index is 12.1. The summed E-state index contributed by atoms with van der Waals surface area (Å²) >= 11 is 0. The molecule has 0 spiro atoms. The highest BCUT2D eigenvalue weighted by molar-refractivity contribution is 5.94. The molecule has 1 aliphatic heterocycles. The van der Waals surface area contributed by atoms with Gasteiger partial charge in [0.05, 0.1) is 37.5 Å². The van der Waals surface area contributed by atoms with Crippen molar-refractivity contribution in [2.75, 3.05) is 51.9 Å². The largest absolute Gasteiger partial charge is 0.493 e. The molecule has 1 saturated heterocycles. The number of anilines is 1. The van der Waals surface area contributed by atoms with E-state index in [1.54, 1.807) is 19.1 Å². The van der Waals surface area contributed by atoms with Crippen LogP contribution < -0.4 is 14.4 Å². The van der Waals surface area contributed by atoms with Crippen LogP contribution in [0.5, 0.6) is 11.5 Å². The van der Waals surface area contributed by atoms with Crippen LogP contribution in [0.3, 0.4) is 0 Å². The van der Waals surface area contributed by atoms with Gasteiger partial charge in [-0.1, -0.05) is 29.4 Å². The van der Waals surface area contributed by atoms with Crippen LogP contribution in [-0.4, -0.2) is 73.1 Å². The van der Waals surface area contributed by atoms with Gasteiger partial charge in [0, 0.05) is 31.6 Å². The molecule has 0 atom stereocenters. The first-order valence-electron chi connectivity index (χ1n) is 11.7. The van der Waals surface area contributed by atoms with Gasteiger partial charge < -0.3 is 28.5 Å². The molecule has 0 N–H and O–H groups in total. The first-order valence-corrected chi connectivity index (χ1v) is 11.7. The first kappa shape index (κ1) is 23.4. The fourth-order valence-corrected chi connectivity index (χ4v) is 4.34. The number of ether oxygens (including phenoxy) is 3. The van der Waals surface area contributed by atoms with Crippen molar-refractivity contribution in [3.05, 3.63) is 48.5 Å². The van der Waals surface area contributed by atoms with Crippen molar-refractivity contribution in [3.8, 4) is 34.3 Å². The number of benzene rings is 2. The normalized spacial score (nSPS) is 13.6. The smallest absolute Gasteiger partial charge is 0.409 e. The van der Waals surface area contributed by atoms with Gasteiger partial charge in [-0.15, -0.1) is 0 Å². The van der Waals surface area contributed by atoms with Gasteiger partial charge in [0.1, 0.15) is 5.82 Å². The molecule has 2 aromatic carbocycles. The topological polar surface area (TPSA) is 103 Å². The van der Waals surface area contributed by atoms with E-state index in [-0.39, 0.29) is 6.09 Å². The molecule has 0 radical (unpaired) electrons. The maximum Gasteiger partial charge on any atom is 0.409 e. The van der Waals surface area contributed by atoms with Crippen LogP contribution in [0.2, 0.25) is 0 Å². The van der Waals surface area contributed by atoms with Gasteiger partial charge >= 0.3 is 6.09 Å². The van der Waals surface area contributed by atoms with Crippen LogP contribution in [0.25, 0.3) is 33.7 Å². The van der Waals surface area contributed by atoms with Gasteiger partial charge in [0.15, 0.2) is 11.5 Å². The fraction of sp³-hybridized carbons (Fsp3) is 0.308. The van der Waals surface area contributed by atoms with E-state index < -0.39 is 0 Å². The van der Waals surface area contributed by atoms with Gasteiger partial charge in [-0.05, 0) is 31.2 Å². The van der Waals surface area contributed by atoms with Crippen LogP contribution in [0.1, 0.15) is 6.92 Å². The highest BCUT2D eigenvalue weighted by atomic mass is 16.6. The van der Waals surface area contributed by atoms with Gasteiger partial charge in [-0.3, -0.25) is 0 Å². The van der Waals surface area contributed by atoms with E-state index in [0.717, 1.165) is 22.3 Å². The van der Waals surface area contributed by atoms with E-state index >= 15 is 0 Å². The second-order valence-electron chi connectivity index (χ2n) is 8.18. The number of methoxy groups -OCH3 is 2. The summed E-state index contributed by atoms with van der Waals surface area (Å²) < 4.78 is 21.8. The van der Waals surface area contributed by atoms with E-state index in [0.29, 0.717) is 61.6 Å². The van der Waals surface area contributed by atoms with Crippen LogP contribution in [-0.2, 0) is 4.74 Å². The maximum atomic E-state index is 12.1. The van der Waals surface area contributed by atoms with Crippen molar-refractivity contribution < 1.29 is 23.5 Å². The van der Waals surface area contributed by atoms with Crippen molar-refractivity contribution >= 4 is 22.8 Å². The molecule has 3 heterocycles. The standard InChI is InChI=1S/C26H27N5O5/c1-4-35-26(32)31-14-12-30(13-15-31)22-16-19(17-8-5-6-10-20(17)27-22)25-28-24(29-36-25)18-9-7-11-21(33-2)23(18)34-3/h5-11,16H,4,12-15H2,1-3H3. The Hall–Kier alpha value is -4.34. The highest BCUT2D eigenvalue weighted by Crippen LogP contribution is 2.38. The van der Waals surface area contributed by atoms with E-state index in [4.69, 9.17) is 28.7 Å². The van der Waals surface area contributed by atoms with E-state index in [9.17, 15) is 4.79 Å². The minimum atomic E-state index is -0.282. The molecule has 1 amide bonds. The average molecular weight is 490 g/mol. The lowest BCUT2D eigenvalue weighted by Crippen LogP contribution is -2.49. The Morgan fingerprint density at radius 1 is 0.972 bits per heavy atom. The molecule has 2 aromatic heterocycles. The van der Waals surface area contributed by atoms with E-state index in [1.807, 2.05) is 55.5 Å².